The Hall–Kier alpha value is -2.11. The molecule has 0 aromatic carbocycles. The van der Waals surface area contributed by atoms with Crippen molar-refractivity contribution in [3.63, 3.8) is 0 Å². The summed E-state index contributed by atoms with van der Waals surface area (Å²) in [6, 6.07) is 3.15. The fraction of sp³-hybridized carbons (Fsp3) is 0.417. The number of aromatic carboxylic acids is 1. The van der Waals surface area contributed by atoms with E-state index in [0.29, 0.717) is 19.5 Å². The number of hydrogen-bond acceptors (Lipinski definition) is 4. The summed E-state index contributed by atoms with van der Waals surface area (Å²) in [5, 5.41) is 8.76. The Labute approximate surface area is 104 Å². The molecule has 0 saturated carbocycles. The molecular formula is C12H15N3O3. The lowest BCUT2D eigenvalue weighted by atomic mass is 9.89. The Morgan fingerprint density at radius 3 is 2.67 bits per heavy atom. The molecule has 6 nitrogen and oxygen atoms in total. The van der Waals surface area contributed by atoms with Crippen LogP contribution in [-0.4, -0.2) is 35.1 Å². The van der Waals surface area contributed by atoms with Crippen LogP contribution in [0.15, 0.2) is 18.3 Å². The molecule has 1 unspecified atom stereocenters. The van der Waals surface area contributed by atoms with Gasteiger partial charge in [0, 0.05) is 13.1 Å². The number of carboxylic acid groups (broad SMARTS) is 1. The van der Waals surface area contributed by atoms with E-state index < -0.39 is 11.4 Å². The van der Waals surface area contributed by atoms with Crippen molar-refractivity contribution in [1.82, 2.24) is 4.98 Å². The van der Waals surface area contributed by atoms with E-state index in [0.717, 1.165) is 5.69 Å². The monoisotopic (exact) mass is 249 g/mol. The van der Waals surface area contributed by atoms with E-state index in [2.05, 4.69) is 4.98 Å². The third-order valence-electron chi connectivity index (χ3n) is 3.40. The molecule has 3 N–H and O–H groups in total. The second kappa shape index (κ2) is 4.29. The Morgan fingerprint density at radius 2 is 2.22 bits per heavy atom. The average Bonchev–Trinajstić information content (AvgIpc) is 2.73. The number of nitrogens with zero attached hydrogens (tertiary/aromatic N) is 2. The number of amides is 1. The second-order valence-electron chi connectivity index (χ2n) is 4.80. The molecule has 1 amide bonds. The predicted molar refractivity (Wildman–Crippen MR) is 65.3 cm³/mol. The maximum Gasteiger partial charge on any atom is 0.354 e. The molecule has 96 valence electrons. The second-order valence-corrected chi connectivity index (χ2v) is 4.80. The van der Waals surface area contributed by atoms with Crippen LogP contribution in [-0.2, 0) is 4.79 Å². The lowest BCUT2D eigenvalue weighted by Crippen LogP contribution is -2.37. The lowest BCUT2D eigenvalue weighted by Gasteiger charge is -2.22. The Morgan fingerprint density at radius 1 is 1.50 bits per heavy atom. The van der Waals surface area contributed by atoms with E-state index in [-0.39, 0.29) is 11.6 Å². The molecule has 1 aliphatic heterocycles. The first kappa shape index (κ1) is 12.3. The minimum atomic E-state index is -1.05. The molecule has 1 aliphatic rings. The van der Waals surface area contributed by atoms with Crippen molar-refractivity contribution in [2.24, 2.45) is 11.1 Å². The summed E-state index contributed by atoms with van der Waals surface area (Å²) in [4.78, 5) is 27.9. The highest BCUT2D eigenvalue weighted by atomic mass is 16.4. The molecule has 1 aromatic heterocycles. The Balaban J connectivity index is 2.15. The van der Waals surface area contributed by atoms with Crippen LogP contribution >= 0.6 is 0 Å². The summed E-state index contributed by atoms with van der Waals surface area (Å²) in [6.45, 7) is 3.10. The van der Waals surface area contributed by atoms with Gasteiger partial charge in [-0.1, -0.05) is 0 Å². The minimum Gasteiger partial charge on any atom is -0.477 e. The summed E-state index contributed by atoms with van der Waals surface area (Å²) in [7, 11) is 0. The zero-order valence-electron chi connectivity index (χ0n) is 10.1. The van der Waals surface area contributed by atoms with E-state index in [9.17, 15) is 9.59 Å². The van der Waals surface area contributed by atoms with Crippen LogP contribution in [0.2, 0.25) is 0 Å². The highest BCUT2D eigenvalue weighted by Gasteiger charge is 2.38. The van der Waals surface area contributed by atoms with Crippen LogP contribution in [0.25, 0.3) is 0 Å². The zero-order valence-corrected chi connectivity index (χ0v) is 10.1. The van der Waals surface area contributed by atoms with Gasteiger partial charge in [-0.25, -0.2) is 9.78 Å². The van der Waals surface area contributed by atoms with E-state index in [1.807, 2.05) is 11.8 Å². The van der Waals surface area contributed by atoms with Gasteiger partial charge in [-0.05, 0) is 25.5 Å². The van der Waals surface area contributed by atoms with Gasteiger partial charge in [0.2, 0.25) is 5.91 Å². The number of rotatable bonds is 3. The maximum atomic E-state index is 11.3. The number of aromatic nitrogens is 1. The summed E-state index contributed by atoms with van der Waals surface area (Å²) >= 11 is 0. The summed E-state index contributed by atoms with van der Waals surface area (Å²) in [6.07, 6.45) is 2.21. The molecule has 0 radical (unpaired) electrons. The van der Waals surface area contributed by atoms with Crippen molar-refractivity contribution < 1.29 is 14.7 Å². The topological polar surface area (TPSA) is 96.5 Å². The van der Waals surface area contributed by atoms with Crippen LogP contribution in [0.5, 0.6) is 0 Å². The van der Waals surface area contributed by atoms with E-state index in [1.54, 1.807) is 6.07 Å². The smallest absolute Gasteiger partial charge is 0.354 e. The SMILES string of the molecule is CC1(C(N)=O)CCN(c2ccc(C(=O)O)nc2)C1. The average molecular weight is 249 g/mol. The van der Waals surface area contributed by atoms with E-state index in [1.165, 1.54) is 12.3 Å². The van der Waals surface area contributed by atoms with Gasteiger partial charge in [0.15, 0.2) is 0 Å². The molecule has 2 rings (SSSR count). The Bertz CT molecular complexity index is 486. The van der Waals surface area contributed by atoms with Crippen molar-refractivity contribution >= 4 is 17.6 Å². The summed E-state index contributed by atoms with van der Waals surface area (Å²) in [5.74, 6) is -1.36. The Kier molecular flexibility index (Phi) is 2.94. The molecule has 1 saturated heterocycles. The molecule has 18 heavy (non-hydrogen) atoms. The first-order chi connectivity index (χ1) is 8.42. The number of anilines is 1. The molecule has 2 heterocycles. The summed E-state index contributed by atoms with van der Waals surface area (Å²) in [5.41, 5.74) is 5.67. The largest absolute Gasteiger partial charge is 0.477 e. The van der Waals surface area contributed by atoms with Crippen molar-refractivity contribution in [3.8, 4) is 0 Å². The number of carbonyl (C=O) groups is 2. The first-order valence-corrected chi connectivity index (χ1v) is 5.66. The number of primary amides is 1. The normalized spacial score (nSPS) is 23.1. The third-order valence-corrected chi connectivity index (χ3v) is 3.40. The van der Waals surface area contributed by atoms with Gasteiger partial charge in [-0.3, -0.25) is 4.79 Å². The molecule has 1 aromatic rings. The van der Waals surface area contributed by atoms with Gasteiger partial charge < -0.3 is 15.7 Å². The third kappa shape index (κ3) is 2.13. The molecule has 0 bridgehead atoms. The van der Waals surface area contributed by atoms with Gasteiger partial charge in [0.25, 0.3) is 0 Å². The molecular weight excluding hydrogens is 234 g/mol. The molecule has 1 fully saturated rings. The summed E-state index contributed by atoms with van der Waals surface area (Å²) < 4.78 is 0. The van der Waals surface area contributed by atoms with Crippen molar-refractivity contribution in [2.75, 3.05) is 18.0 Å². The standard InChI is InChI=1S/C12H15N3O3/c1-12(11(13)18)4-5-15(7-12)8-2-3-9(10(16)17)14-6-8/h2-3,6H,4-5,7H2,1H3,(H2,13,18)(H,16,17). The number of carbonyl (C=O) groups excluding carboxylic acids is 1. The van der Waals surface area contributed by atoms with Crippen LogP contribution in [0.4, 0.5) is 5.69 Å². The maximum absolute atomic E-state index is 11.3. The predicted octanol–water partition coefficient (Wildman–Crippen LogP) is 0.481. The van der Waals surface area contributed by atoms with Gasteiger partial charge in [0.05, 0.1) is 17.3 Å². The van der Waals surface area contributed by atoms with E-state index >= 15 is 0 Å². The molecule has 0 spiro atoms. The number of nitrogens with two attached hydrogens (primary N) is 1. The number of hydrogen-bond donors (Lipinski definition) is 2. The van der Waals surface area contributed by atoms with Crippen LogP contribution in [0.1, 0.15) is 23.8 Å². The van der Waals surface area contributed by atoms with Crippen LogP contribution < -0.4 is 10.6 Å². The van der Waals surface area contributed by atoms with Gasteiger partial charge in [0.1, 0.15) is 5.69 Å². The highest BCUT2D eigenvalue weighted by Crippen LogP contribution is 2.32. The van der Waals surface area contributed by atoms with Crippen molar-refractivity contribution in [3.05, 3.63) is 24.0 Å². The molecule has 1 atom stereocenters. The lowest BCUT2D eigenvalue weighted by molar-refractivity contribution is -0.125. The van der Waals surface area contributed by atoms with E-state index in [4.69, 9.17) is 10.8 Å². The quantitative estimate of drug-likeness (QED) is 0.812. The van der Waals surface area contributed by atoms with Crippen molar-refractivity contribution in [2.45, 2.75) is 13.3 Å². The number of carboxylic acids is 1. The molecule has 0 aliphatic carbocycles. The van der Waals surface area contributed by atoms with Gasteiger partial charge >= 0.3 is 5.97 Å². The minimum absolute atomic E-state index is 0.00982. The molecule has 6 heteroatoms. The highest BCUT2D eigenvalue weighted by molar-refractivity contribution is 5.85. The van der Waals surface area contributed by atoms with Crippen LogP contribution in [0, 0.1) is 5.41 Å². The fourth-order valence-corrected chi connectivity index (χ4v) is 2.08. The fourth-order valence-electron chi connectivity index (χ4n) is 2.08. The first-order valence-electron chi connectivity index (χ1n) is 5.66. The van der Waals surface area contributed by atoms with Gasteiger partial charge in [-0.15, -0.1) is 0 Å². The van der Waals surface area contributed by atoms with Gasteiger partial charge in [-0.2, -0.15) is 0 Å². The number of pyridine rings is 1. The zero-order chi connectivity index (χ0) is 13.3. The van der Waals surface area contributed by atoms with Crippen LogP contribution in [0.3, 0.4) is 0 Å². The van der Waals surface area contributed by atoms with Crippen molar-refractivity contribution in [1.29, 1.82) is 0 Å².